The van der Waals surface area contributed by atoms with Crippen LogP contribution in [0.2, 0.25) is 0 Å². The molecule has 0 fully saturated rings. The average Bonchev–Trinajstić information content (AvgIpc) is 2.42. The van der Waals surface area contributed by atoms with Gasteiger partial charge in [-0.3, -0.25) is 4.98 Å². The van der Waals surface area contributed by atoms with Crippen molar-refractivity contribution in [2.45, 2.75) is 66.0 Å². The lowest BCUT2D eigenvalue weighted by atomic mass is 9.89. The van der Waals surface area contributed by atoms with Crippen LogP contribution in [0.4, 0.5) is 0 Å². The summed E-state index contributed by atoms with van der Waals surface area (Å²) < 4.78 is 0. The molecular formula is C19H28N2. The smallest absolute Gasteiger partial charge is 0.0709 e. The summed E-state index contributed by atoms with van der Waals surface area (Å²) in [5, 5.41) is 4.83. The van der Waals surface area contributed by atoms with Crippen LogP contribution in [0, 0.1) is 0 Å². The molecule has 0 spiro atoms. The summed E-state index contributed by atoms with van der Waals surface area (Å²) in [6.07, 6.45) is 1.06. The van der Waals surface area contributed by atoms with Gasteiger partial charge in [0.15, 0.2) is 0 Å². The van der Waals surface area contributed by atoms with Gasteiger partial charge in [-0.25, -0.2) is 0 Å². The van der Waals surface area contributed by atoms with E-state index in [4.69, 9.17) is 4.98 Å². The normalized spacial score (nSPS) is 12.3. The Morgan fingerprint density at radius 2 is 1.86 bits per heavy atom. The molecule has 1 N–H and O–H groups in total. The fourth-order valence-corrected chi connectivity index (χ4v) is 2.41. The Morgan fingerprint density at radius 1 is 1.14 bits per heavy atom. The monoisotopic (exact) mass is 284 g/mol. The average molecular weight is 284 g/mol. The second kappa shape index (κ2) is 6.15. The molecular weight excluding hydrogens is 256 g/mol. The van der Waals surface area contributed by atoms with Crippen LogP contribution in [0.5, 0.6) is 0 Å². The molecule has 21 heavy (non-hydrogen) atoms. The maximum Gasteiger partial charge on any atom is 0.0709 e. The minimum absolute atomic E-state index is 0.0736. The van der Waals surface area contributed by atoms with Gasteiger partial charge in [0.1, 0.15) is 0 Å². The molecule has 1 heterocycles. The van der Waals surface area contributed by atoms with E-state index >= 15 is 0 Å². The molecule has 1 aromatic heterocycles. The van der Waals surface area contributed by atoms with Gasteiger partial charge < -0.3 is 5.32 Å². The third-order valence-electron chi connectivity index (χ3n) is 3.84. The van der Waals surface area contributed by atoms with Gasteiger partial charge in [0.05, 0.1) is 5.52 Å². The second-order valence-corrected chi connectivity index (χ2v) is 7.16. The van der Waals surface area contributed by atoms with Crippen LogP contribution in [-0.4, -0.2) is 11.0 Å². The van der Waals surface area contributed by atoms with Crippen molar-refractivity contribution in [3.05, 3.63) is 41.1 Å². The molecule has 0 aliphatic heterocycles. The second-order valence-electron chi connectivity index (χ2n) is 7.16. The third kappa shape index (κ3) is 3.82. The van der Waals surface area contributed by atoms with Crippen LogP contribution < -0.4 is 5.32 Å². The first-order valence-electron chi connectivity index (χ1n) is 7.97. The maximum absolute atomic E-state index is 4.88. The Morgan fingerprint density at radius 3 is 2.43 bits per heavy atom. The third-order valence-corrected chi connectivity index (χ3v) is 3.84. The number of benzene rings is 1. The summed E-state index contributed by atoms with van der Waals surface area (Å²) in [6.45, 7) is 14.1. The lowest BCUT2D eigenvalue weighted by molar-refractivity contribution is 0.564. The number of hydrogen-bond donors (Lipinski definition) is 1. The molecule has 0 bridgehead atoms. The number of aryl methyl sites for hydroxylation is 1. The summed E-state index contributed by atoms with van der Waals surface area (Å²) in [4.78, 5) is 4.88. The molecule has 0 aliphatic carbocycles. The fourth-order valence-electron chi connectivity index (χ4n) is 2.41. The molecule has 1 aromatic carbocycles. The SMILES string of the molecule is CCc1ccc2nc(C(C)(C)C)cc(CNC(C)C)c2c1. The standard InChI is InChI=1S/C19H28N2/c1-7-14-8-9-17-16(10-14)15(12-20-13(2)3)11-18(21-17)19(4,5)6/h8-11,13,20H,7,12H2,1-6H3. The molecule has 0 radical (unpaired) electrons. The predicted molar refractivity (Wildman–Crippen MR) is 91.8 cm³/mol. The minimum atomic E-state index is 0.0736. The van der Waals surface area contributed by atoms with Gasteiger partial charge in [-0.05, 0) is 35.7 Å². The molecule has 2 heteroatoms. The molecule has 0 saturated carbocycles. The predicted octanol–water partition coefficient (Wildman–Crippen LogP) is 4.59. The summed E-state index contributed by atoms with van der Waals surface area (Å²) in [5.41, 5.74) is 5.08. The Kier molecular flexibility index (Phi) is 4.67. The van der Waals surface area contributed by atoms with Crippen LogP contribution >= 0.6 is 0 Å². The van der Waals surface area contributed by atoms with Crippen LogP contribution in [0.15, 0.2) is 24.3 Å². The zero-order valence-electron chi connectivity index (χ0n) is 14.2. The van der Waals surface area contributed by atoms with E-state index in [-0.39, 0.29) is 5.41 Å². The van der Waals surface area contributed by atoms with Gasteiger partial charge in [-0.2, -0.15) is 0 Å². The first-order valence-corrected chi connectivity index (χ1v) is 7.97. The van der Waals surface area contributed by atoms with Crippen molar-refractivity contribution >= 4 is 10.9 Å². The van der Waals surface area contributed by atoms with Gasteiger partial charge in [0, 0.05) is 29.1 Å². The summed E-state index contributed by atoms with van der Waals surface area (Å²) in [7, 11) is 0. The molecule has 114 valence electrons. The van der Waals surface area contributed by atoms with E-state index in [2.05, 4.69) is 71.1 Å². The Balaban J connectivity index is 2.57. The summed E-state index contributed by atoms with van der Waals surface area (Å²) >= 11 is 0. The zero-order valence-corrected chi connectivity index (χ0v) is 14.2. The largest absolute Gasteiger partial charge is 0.310 e. The molecule has 2 nitrogen and oxygen atoms in total. The molecule has 0 aliphatic rings. The van der Waals surface area contributed by atoms with Gasteiger partial charge in [-0.15, -0.1) is 0 Å². The Hall–Kier alpha value is -1.41. The quantitative estimate of drug-likeness (QED) is 0.888. The fraction of sp³-hybridized carbons (Fsp3) is 0.526. The molecule has 2 aromatic rings. The molecule has 0 amide bonds. The number of hydrogen-bond acceptors (Lipinski definition) is 2. The topological polar surface area (TPSA) is 24.9 Å². The summed E-state index contributed by atoms with van der Waals surface area (Å²) in [5.74, 6) is 0. The van der Waals surface area contributed by atoms with Crippen LogP contribution in [0.1, 0.15) is 58.4 Å². The van der Waals surface area contributed by atoms with E-state index in [1.54, 1.807) is 0 Å². The molecule has 0 unspecified atom stereocenters. The van der Waals surface area contributed by atoms with E-state index in [1.165, 1.54) is 22.2 Å². The van der Waals surface area contributed by atoms with Crippen molar-refractivity contribution in [1.29, 1.82) is 0 Å². The van der Waals surface area contributed by atoms with Crippen LogP contribution in [0.25, 0.3) is 10.9 Å². The lowest BCUT2D eigenvalue weighted by Gasteiger charge is -2.21. The number of nitrogens with one attached hydrogen (secondary N) is 1. The number of nitrogens with zero attached hydrogens (tertiary/aromatic N) is 1. The molecule has 2 rings (SSSR count). The van der Waals surface area contributed by atoms with Crippen molar-refractivity contribution < 1.29 is 0 Å². The number of pyridine rings is 1. The van der Waals surface area contributed by atoms with Gasteiger partial charge in [0.25, 0.3) is 0 Å². The number of fused-ring (bicyclic) bond motifs is 1. The Bertz CT molecular complexity index is 621. The number of rotatable bonds is 4. The van der Waals surface area contributed by atoms with Gasteiger partial charge in [-0.1, -0.05) is 47.6 Å². The highest BCUT2D eigenvalue weighted by atomic mass is 14.9. The van der Waals surface area contributed by atoms with Crippen molar-refractivity contribution in [3.63, 3.8) is 0 Å². The van der Waals surface area contributed by atoms with Gasteiger partial charge in [0.2, 0.25) is 0 Å². The van der Waals surface area contributed by atoms with Crippen molar-refractivity contribution in [2.75, 3.05) is 0 Å². The maximum atomic E-state index is 4.88. The van der Waals surface area contributed by atoms with Crippen molar-refractivity contribution in [3.8, 4) is 0 Å². The molecule has 0 atom stereocenters. The highest BCUT2D eigenvalue weighted by Gasteiger charge is 2.18. The van der Waals surface area contributed by atoms with Crippen LogP contribution in [0.3, 0.4) is 0 Å². The first kappa shape index (κ1) is 16.0. The Labute approximate surface area is 129 Å². The van der Waals surface area contributed by atoms with Crippen molar-refractivity contribution in [2.24, 2.45) is 0 Å². The lowest BCUT2D eigenvalue weighted by Crippen LogP contribution is -2.23. The minimum Gasteiger partial charge on any atom is -0.310 e. The van der Waals surface area contributed by atoms with Crippen LogP contribution in [-0.2, 0) is 18.4 Å². The highest BCUT2D eigenvalue weighted by Crippen LogP contribution is 2.27. The first-order chi connectivity index (χ1) is 9.81. The highest BCUT2D eigenvalue weighted by molar-refractivity contribution is 5.83. The van der Waals surface area contributed by atoms with E-state index in [9.17, 15) is 0 Å². The zero-order chi connectivity index (χ0) is 15.6. The van der Waals surface area contributed by atoms with E-state index in [0.29, 0.717) is 6.04 Å². The molecule has 0 saturated heterocycles. The number of aromatic nitrogens is 1. The van der Waals surface area contributed by atoms with E-state index in [1.807, 2.05) is 0 Å². The summed E-state index contributed by atoms with van der Waals surface area (Å²) in [6, 6.07) is 9.42. The van der Waals surface area contributed by atoms with Gasteiger partial charge >= 0.3 is 0 Å². The van der Waals surface area contributed by atoms with E-state index < -0.39 is 0 Å². The van der Waals surface area contributed by atoms with Crippen molar-refractivity contribution in [1.82, 2.24) is 10.3 Å². The van der Waals surface area contributed by atoms with E-state index in [0.717, 1.165) is 18.5 Å².